The molecule has 1 atom stereocenters. The summed E-state index contributed by atoms with van der Waals surface area (Å²) in [6.07, 6.45) is 3.95. The highest BCUT2D eigenvalue weighted by molar-refractivity contribution is 5.83. The third-order valence-corrected chi connectivity index (χ3v) is 7.23. The largest absolute Gasteiger partial charge is 0.481 e. The first-order chi connectivity index (χ1) is 19.0. The molecule has 1 aromatic carbocycles. The van der Waals surface area contributed by atoms with Crippen LogP contribution in [-0.4, -0.2) is 45.2 Å². The van der Waals surface area contributed by atoms with Gasteiger partial charge in [0.2, 0.25) is 0 Å². The van der Waals surface area contributed by atoms with Crippen molar-refractivity contribution in [3.63, 3.8) is 0 Å². The molecule has 4 rings (SSSR count). The van der Waals surface area contributed by atoms with Gasteiger partial charge in [0.05, 0.1) is 22.3 Å². The van der Waals surface area contributed by atoms with E-state index in [9.17, 15) is 22.4 Å². The number of rotatable bonds is 9. The van der Waals surface area contributed by atoms with Crippen molar-refractivity contribution < 1.29 is 31.9 Å². The Labute approximate surface area is 227 Å². The van der Waals surface area contributed by atoms with Gasteiger partial charge in [0, 0.05) is 43.6 Å². The quantitative estimate of drug-likeness (QED) is 0.170. The number of hydrogen-bond acceptors (Lipinski definition) is 4. The average Bonchev–Trinajstić information content (AvgIpc) is 3.24. The third-order valence-electron chi connectivity index (χ3n) is 7.23. The zero-order valence-corrected chi connectivity index (χ0v) is 21.6. The Bertz CT molecular complexity index is 1430. The predicted octanol–water partition coefficient (Wildman–Crippen LogP) is 7.36. The SMILES string of the molecule is C=C(C(F)=CCC(C=N)C1=CCC(F)=C(c2nc3ccc(C(F)(F)F)cc3[nH]2)C=C1)N1CCC(CC(=O)O)CC1. The van der Waals surface area contributed by atoms with Crippen LogP contribution in [0.3, 0.4) is 0 Å². The number of likely N-dealkylation sites (tertiary alicyclic amines) is 1. The van der Waals surface area contributed by atoms with Crippen molar-refractivity contribution in [1.82, 2.24) is 14.9 Å². The molecule has 11 heteroatoms. The molecule has 2 heterocycles. The summed E-state index contributed by atoms with van der Waals surface area (Å²) in [6, 6.07) is 3.06. The van der Waals surface area contributed by atoms with Gasteiger partial charge in [-0.05, 0) is 61.1 Å². The molecule has 2 aromatic rings. The number of imidazole rings is 1. The van der Waals surface area contributed by atoms with E-state index < -0.39 is 35.3 Å². The number of allylic oxidation sites excluding steroid dienone is 8. The second-order valence-corrected chi connectivity index (χ2v) is 9.91. The van der Waals surface area contributed by atoms with E-state index in [0.29, 0.717) is 31.5 Å². The highest BCUT2D eigenvalue weighted by atomic mass is 19.4. The van der Waals surface area contributed by atoms with Crippen LogP contribution in [0.4, 0.5) is 22.0 Å². The fourth-order valence-corrected chi connectivity index (χ4v) is 4.90. The molecule has 212 valence electrons. The van der Waals surface area contributed by atoms with E-state index >= 15 is 4.39 Å². The van der Waals surface area contributed by atoms with Crippen molar-refractivity contribution in [1.29, 1.82) is 5.41 Å². The molecular weight excluding hydrogens is 531 g/mol. The lowest BCUT2D eigenvalue weighted by atomic mass is 9.93. The lowest BCUT2D eigenvalue weighted by Crippen LogP contribution is -2.33. The van der Waals surface area contributed by atoms with Gasteiger partial charge in [-0.25, -0.2) is 13.8 Å². The number of aromatic amines is 1. The number of fused-ring (bicyclic) bond motifs is 1. The number of nitrogens with zero attached hydrogens (tertiary/aromatic N) is 2. The fraction of sp³-hybridized carbons (Fsp3) is 0.345. The molecule has 1 fully saturated rings. The lowest BCUT2D eigenvalue weighted by molar-refractivity contribution is -0.139. The van der Waals surface area contributed by atoms with E-state index in [1.54, 1.807) is 17.1 Å². The van der Waals surface area contributed by atoms with Crippen LogP contribution in [0.15, 0.2) is 72.0 Å². The number of aromatic nitrogens is 2. The van der Waals surface area contributed by atoms with Crippen LogP contribution in [0.25, 0.3) is 16.6 Å². The smallest absolute Gasteiger partial charge is 0.416 e. The van der Waals surface area contributed by atoms with Crippen LogP contribution in [0.2, 0.25) is 0 Å². The number of carbonyl (C=O) groups is 1. The number of piperidine rings is 1. The molecule has 0 bridgehead atoms. The number of benzene rings is 1. The summed E-state index contributed by atoms with van der Waals surface area (Å²) >= 11 is 0. The molecule has 0 radical (unpaired) electrons. The minimum Gasteiger partial charge on any atom is -0.481 e. The van der Waals surface area contributed by atoms with Crippen LogP contribution >= 0.6 is 0 Å². The predicted molar refractivity (Wildman–Crippen MR) is 143 cm³/mol. The Balaban J connectivity index is 1.43. The van der Waals surface area contributed by atoms with Crippen molar-refractivity contribution in [3.8, 4) is 0 Å². The second kappa shape index (κ2) is 12.0. The van der Waals surface area contributed by atoms with Gasteiger partial charge in [-0.2, -0.15) is 13.2 Å². The third kappa shape index (κ3) is 6.75. The van der Waals surface area contributed by atoms with E-state index in [1.807, 2.05) is 0 Å². The number of halogens is 5. The van der Waals surface area contributed by atoms with Gasteiger partial charge in [-0.3, -0.25) is 4.79 Å². The van der Waals surface area contributed by atoms with Gasteiger partial charge in [0.15, 0.2) is 0 Å². The molecule has 1 saturated heterocycles. The van der Waals surface area contributed by atoms with Gasteiger partial charge >= 0.3 is 12.1 Å². The van der Waals surface area contributed by atoms with Crippen LogP contribution in [0.5, 0.6) is 0 Å². The minimum absolute atomic E-state index is 0.0562. The Morgan fingerprint density at radius 1 is 1.27 bits per heavy atom. The first-order valence-electron chi connectivity index (χ1n) is 12.8. The van der Waals surface area contributed by atoms with Crippen LogP contribution in [-0.2, 0) is 11.0 Å². The highest BCUT2D eigenvalue weighted by Crippen LogP contribution is 2.34. The average molecular weight is 561 g/mol. The molecule has 40 heavy (non-hydrogen) atoms. The van der Waals surface area contributed by atoms with Crippen molar-refractivity contribution in [3.05, 3.63) is 83.4 Å². The molecule has 3 N–H and O–H groups in total. The number of hydrogen-bond donors (Lipinski definition) is 3. The second-order valence-electron chi connectivity index (χ2n) is 9.91. The summed E-state index contributed by atoms with van der Waals surface area (Å²) in [7, 11) is 0. The lowest BCUT2D eigenvalue weighted by Gasteiger charge is -2.33. The molecule has 1 aliphatic heterocycles. The number of alkyl halides is 3. The van der Waals surface area contributed by atoms with Crippen LogP contribution in [0, 0.1) is 17.2 Å². The topological polar surface area (TPSA) is 93.1 Å². The summed E-state index contributed by atoms with van der Waals surface area (Å²) in [4.78, 5) is 19.7. The van der Waals surface area contributed by atoms with Crippen LogP contribution in [0.1, 0.15) is 43.5 Å². The molecule has 0 saturated carbocycles. The molecule has 6 nitrogen and oxygen atoms in total. The van der Waals surface area contributed by atoms with E-state index in [0.717, 1.165) is 18.3 Å². The zero-order chi connectivity index (χ0) is 29.0. The van der Waals surface area contributed by atoms with Gasteiger partial charge < -0.3 is 20.4 Å². The van der Waals surface area contributed by atoms with E-state index in [-0.39, 0.29) is 53.3 Å². The first-order valence-corrected chi connectivity index (χ1v) is 12.8. The van der Waals surface area contributed by atoms with E-state index in [4.69, 9.17) is 10.5 Å². The Hall–Kier alpha value is -4.02. The van der Waals surface area contributed by atoms with Gasteiger partial charge in [-0.1, -0.05) is 18.7 Å². The van der Waals surface area contributed by atoms with Crippen LogP contribution < -0.4 is 0 Å². The van der Waals surface area contributed by atoms with Gasteiger partial charge in [-0.15, -0.1) is 0 Å². The molecule has 2 aliphatic rings. The summed E-state index contributed by atoms with van der Waals surface area (Å²) in [5, 5.41) is 16.8. The Morgan fingerprint density at radius 2 is 2.00 bits per heavy atom. The number of carboxylic acid groups (broad SMARTS) is 1. The minimum atomic E-state index is -4.52. The Kier molecular flexibility index (Phi) is 8.70. The maximum atomic E-state index is 15.0. The Morgan fingerprint density at radius 3 is 2.65 bits per heavy atom. The van der Waals surface area contributed by atoms with Crippen molar-refractivity contribution >= 4 is 28.8 Å². The number of aliphatic carboxylic acids is 1. The van der Waals surface area contributed by atoms with E-state index in [2.05, 4.69) is 16.5 Å². The molecule has 1 aromatic heterocycles. The molecule has 0 spiro atoms. The zero-order valence-electron chi connectivity index (χ0n) is 21.6. The molecule has 0 amide bonds. The molecule has 1 unspecified atom stereocenters. The number of H-pyrrole nitrogens is 1. The summed E-state index contributed by atoms with van der Waals surface area (Å²) in [5.41, 5.74) is 0.417. The molecular formula is C29H29F5N4O2. The normalized spacial score (nSPS) is 18.1. The van der Waals surface area contributed by atoms with Gasteiger partial charge in [0.25, 0.3) is 0 Å². The summed E-state index contributed by atoms with van der Waals surface area (Å²) in [6.45, 7) is 4.85. The fourth-order valence-electron chi connectivity index (χ4n) is 4.90. The number of nitrogens with one attached hydrogen (secondary N) is 2. The van der Waals surface area contributed by atoms with Gasteiger partial charge in [0.1, 0.15) is 17.5 Å². The summed E-state index contributed by atoms with van der Waals surface area (Å²) in [5.74, 6) is -2.34. The highest BCUT2D eigenvalue weighted by Gasteiger charge is 2.31. The standard InChI is InChI=1S/C29H29F5N4O2/c1-17(38-12-10-18(11-13-38)14-27(39)40)23(30)7-4-20(16-35)19-2-6-22(24(31)8-3-19)28-36-25-9-5-21(29(32,33)34)15-26(25)37-28/h2-3,5-7,9,15-16,18,20,35H,1,4,8,10-14H2,(H,36,37)(H,39,40). The number of carboxylic acids is 1. The first kappa shape index (κ1) is 29.0. The summed E-state index contributed by atoms with van der Waals surface area (Å²) < 4.78 is 69.1. The van der Waals surface area contributed by atoms with Crippen molar-refractivity contribution in [2.45, 2.75) is 38.3 Å². The molecule has 1 aliphatic carbocycles. The van der Waals surface area contributed by atoms with E-state index in [1.165, 1.54) is 18.2 Å². The maximum absolute atomic E-state index is 15.0. The van der Waals surface area contributed by atoms with Crippen molar-refractivity contribution in [2.24, 2.45) is 11.8 Å². The monoisotopic (exact) mass is 560 g/mol. The van der Waals surface area contributed by atoms with Crippen molar-refractivity contribution in [2.75, 3.05) is 13.1 Å². The maximum Gasteiger partial charge on any atom is 0.416 e.